The van der Waals surface area contributed by atoms with Crippen LogP contribution in [0.3, 0.4) is 0 Å². The Labute approximate surface area is 83.3 Å². The van der Waals surface area contributed by atoms with Gasteiger partial charge in [-0.3, -0.25) is 0 Å². The molecule has 0 spiro atoms. The van der Waals surface area contributed by atoms with Gasteiger partial charge < -0.3 is 5.11 Å². The molecule has 1 N–H and O–H groups in total. The van der Waals surface area contributed by atoms with E-state index in [2.05, 4.69) is 6.92 Å². The first-order valence-corrected chi connectivity index (χ1v) is 4.94. The zero-order chi connectivity index (χ0) is 9.47. The highest BCUT2D eigenvalue weighted by molar-refractivity contribution is 6.31. The topological polar surface area (TPSA) is 20.2 Å². The van der Waals surface area contributed by atoms with Gasteiger partial charge in [-0.05, 0) is 29.9 Å². The summed E-state index contributed by atoms with van der Waals surface area (Å²) in [4.78, 5) is 0. The third-order valence-electron chi connectivity index (χ3n) is 2.90. The maximum Gasteiger partial charge on any atom is 0.0857 e. The van der Waals surface area contributed by atoms with Crippen molar-refractivity contribution in [1.82, 2.24) is 0 Å². The normalized spacial score (nSPS) is 21.2. The van der Waals surface area contributed by atoms with E-state index in [4.69, 9.17) is 11.6 Å². The molecule has 1 fully saturated rings. The van der Waals surface area contributed by atoms with Gasteiger partial charge >= 0.3 is 0 Å². The summed E-state index contributed by atoms with van der Waals surface area (Å²) in [5.74, 6) is 0. The molecule has 1 aliphatic carbocycles. The van der Waals surface area contributed by atoms with Crippen LogP contribution in [-0.2, 0) is 0 Å². The lowest BCUT2D eigenvalue weighted by molar-refractivity contribution is 0.104. The summed E-state index contributed by atoms with van der Waals surface area (Å²) in [5, 5.41) is 10.7. The quantitative estimate of drug-likeness (QED) is 0.771. The Bertz CT molecular complexity index is 318. The van der Waals surface area contributed by atoms with Gasteiger partial charge in [0.2, 0.25) is 0 Å². The Balaban J connectivity index is 2.30. The van der Waals surface area contributed by atoms with Crippen LogP contribution in [0.2, 0.25) is 5.02 Å². The molecule has 0 bridgehead atoms. The fraction of sp³-hybridized carbons (Fsp3) is 0.455. The average Bonchev–Trinajstić information content (AvgIpc) is 2.85. The summed E-state index contributed by atoms with van der Waals surface area (Å²) in [7, 11) is 0. The summed E-state index contributed by atoms with van der Waals surface area (Å²) in [6.07, 6.45) is 1.79. The number of hydrogen-bond acceptors (Lipinski definition) is 1. The molecule has 1 aromatic carbocycles. The smallest absolute Gasteiger partial charge is 0.0857 e. The molecule has 0 saturated heterocycles. The minimum atomic E-state index is -0.402. The van der Waals surface area contributed by atoms with E-state index in [1.807, 2.05) is 24.3 Å². The van der Waals surface area contributed by atoms with E-state index in [1.165, 1.54) is 0 Å². The Morgan fingerprint density at radius 3 is 2.54 bits per heavy atom. The summed E-state index contributed by atoms with van der Waals surface area (Å²) in [6, 6.07) is 7.52. The molecule has 13 heavy (non-hydrogen) atoms. The van der Waals surface area contributed by atoms with Crippen LogP contribution in [0.4, 0.5) is 0 Å². The Hall–Kier alpha value is -0.530. The van der Waals surface area contributed by atoms with E-state index in [1.54, 1.807) is 0 Å². The molecular formula is C11H13ClO. The molecule has 2 heteroatoms. The zero-order valence-corrected chi connectivity index (χ0v) is 8.38. The molecule has 0 aromatic heterocycles. The molecule has 1 atom stereocenters. The monoisotopic (exact) mass is 196 g/mol. The highest BCUT2D eigenvalue weighted by Crippen LogP contribution is 2.55. The van der Waals surface area contributed by atoms with Gasteiger partial charge in [0.25, 0.3) is 0 Å². The first-order valence-electron chi connectivity index (χ1n) is 4.56. The highest BCUT2D eigenvalue weighted by Gasteiger charge is 2.45. The summed E-state index contributed by atoms with van der Waals surface area (Å²) < 4.78 is 0. The van der Waals surface area contributed by atoms with Crippen LogP contribution in [0.15, 0.2) is 24.3 Å². The number of hydrogen-bond donors (Lipinski definition) is 1. The molecule has 0 heterocycles. The van der Waals surface area contributed by atoms with Gasteiger partial charge in [0.05, 0.1) is 6.10 Å². The number of rotatable bonds is 2. The standard InChI is InChI=1S/C11H13ClO/c1-11(6-7-11)10(13)8-4-2-3-5-9(8)12/h2-5,10,13H,6-7H2,1H3. The average molecular weight is 197 g/mol. The SMILES string of the molecule is CC1(C(O)c2ccccc2Cl)CC1. The molecule has 1 saturated carbocycles. The van der Waals surface area contributed by atoms with Crippen molar-refractivity contribution in [3.63, 3.8) is 0 Å². The molecule has 2 rings (SSSR count). The number of aliphatic hydroxyl groups excluding tert-OH is 1. The first-order chi connectivity index (χ1) is 6.13. The fourth-order valence-corrected chi connectivity index (χ4v) is 1.78. The van der Waals surface area contributed by atoms with Crippen LogP contribution < -0.4 is 0 Å². The van der Waals surface area contributed by atoms with Gasteiger partial charge in [-0.15, -0.1) is 0 Å². The van der Waals surface area contributed by atoms with Crippen molar-refractivity contribution in [1.29, 1.82) is 0 Å². The molecule has 1 aromatic rings. The number of benzene rings is 1. The molecular weight excluding hydrogens is 184 g/mol. The Morgan fingerprint density at radius 2 is 2.00 bits per heavy atom. The Morgan fingerprint density at radius 1 is 1.38 bits per heavy atom. The minimum absolute atomic E-state index is 0.0744. The van der Waals surface area contributed by atoms with Crippen molar-refractivity contribution in [2.24, 2.45) is 5.41 Å². The largest absolute Gasteiger partial charge is 0.388 e. The van der Waals surface area contributed by atoms with Gasteiger partial charge in [0.1, 0.15) is 0 Å². The van der Waals surface area contributed by atoms with Crippen molar-refractivity contribution >= 4 is 11.6 Å². The maximum absolute atomic E-state index is 10.0. The molecule has 0 aliphatic heterocycles. The van der Waals surface area contributed by atoms with Gasteiger partial charge in [0, 0.05) is 5.02 Å². The number of aliphatic hydroxyl groups is 1. The van der Waals surface area contributed by atoms with E-state index in [-0.39, 0.29) is 5.41 Å². The van der Waals surface area contributed by atoms with Gasteiger partial charge in [-0.2, -0.15) is 0 Å². The third kappa shape index (κ3) is 1.59. The summed E-state index contributed by atoms with van der Waals surface area (Å²) in [6.45, 7) is 2.10. The lowest BCUT2D eigenvalue weighted by Crippen LogP contribution is -2.09. The van der Waals surface area contributed by atoms with Crippen LogP contribution in [0.1, 0.15) is 31.4 Å². The van der Waals surface area contributed by atoms with E-state index in [0.29, 0.717) is 5.02 Å². The van der Waals surface area contributed by atoms with Crippen LogP contribution in [0.25, 0.3) is 0 Å². The van der Waals surface area contributed by atoms with Crippen LogP contribution in [0, 0.1) is 5.41 Å². The van der Waals surface area contributed by atoms with Gasteiger partial charge in [0.15, 0.2) is 0 Å². The second-order valence-electron chi connectivity index (χ2n) is 4.08. The fourth-order valence-electron chi connectivity index (χ4n) is 1.54. The molecule has 70 valence electrons. The van der Waals surface area contributed by atoms with Crippen LogP contribution in [0.5, 0.6) is 0 Å². The van der Waals surface area contributed by atoms with E-state index in [9.17, 15) is 5.11 Å². The third-order valence-corrected chi connectivity index (χ3v) is 3.24. The first kappa shape index (κ1) is 9.04. The van der Waals surface area contributed by atoms with Crippen molar-refractivity contribution in [2.45, 2.75) is 25.9 Å². The van der Waals surface area contributed by atoms with Crippen molar-refractivity contribution in [3.8, 4) is 0 Å². The zero-order valence-electron chi connectivity index (χ0n) is 7.63. The summed E-state index contributed by atoms with van der Waals surface area (Å²) >= 11 is 5.99. The number of halogens is 1. The minimum Gasteiger partial charge on any atom is -0.388 e. The van der Waals surface area contributed by atoms with Crippen molar-refractivity contribution in [3.05, 3.63) is 34.9 Å². The van der Waals surface area contributed by atoms with Gasteiger partial charge in [-0.1, -0.05) is 36.7 Å². The van der Waals surface area contributed by atoms with E-state index in [0.717, 1.165) is 18.4 Å². The van der Waals surface area contributed by atoms with Crippen LogP contribution in [-0.4, -0.2) is 5.11 Å². The molecule has 1 aliphatic rings. The van der Waals surface area contributed by atoms with Gasteiger partial charge in [-0.25, -0.2) is 0 Å². The predicted octanol–water partition coefficient (Wildman–Crippen LogP) is 3.17. The lowest BCUT2D eigenvalue weighted by Gasteiger charge is -2.18. The molecule has 0 radical (unpaired) electrons. The maximum atomic E-state index is 10.0. The molecule has 1 nitrogen and oxygen atoms in total. The van der Waals surface area contributed by atoms with Crippen molar-refractivity contribution in [2.75, 3.05) is 0 Å². The highest BCUT2D eigenvalue weighted by atomic mass is 35.5. The van der Waals surface area contributed by atoms with Crippen LogP contribution >= 0.6 is 11.6 Å². The van der Waals surface area contributed by atoms with Crippen molar-refractivity contribution < 1.29 is 5.11 Å². The second-order valence-corrected chi connectivity index (χ2v) is 4.49. The summed E-state index contributed by atoms with van der Waals surface area (Å²) in [5.41, 5.74) is 0.939. The molecule has 0 amide bonds. The lowest BCUT2D eigenvalue weighted by atomic mass is 9.95. The van der Waals surface area contributed by atoms with E-state index >= 15 is 0 Å². The van der Waals surface area contributed by atoms with E-state index < -0.39 is 6.10 Å². The molecule has 1 unspecified atom stereocenters. The second kappa shape index (κ2) is 3.00. The predicted molar refractivity (Wildman–Crippen MR) is 53.8 cm³/mol. The Kier molecular flexibility index (Phi) is 2.09.